The summed E-state index contributed by atoms with van der Waals surface area (Å²) < 4.78 is 11.7. The third-order valence-electron chi connectivity index (χ3n) is 5.03. The number of ether oxygens (including phenoxy) is 1. The standard InChI is InChI=1S/C22H20N2O2/c1-15-4-2-5-16(12-15)17-13-19-18-6-3-7-23-22(18)26-21(19)20(14-17)24-8-10-25-11-9-24/h2-7,12-14H,8-11H2,1H3. The molecule has 0 bridgehead atoms. The third kappa shape index (κ3) is 2.54. The lowest BCUT2D eigenvalue weighted by atomic mass is 10.00. The number of furan rings is 1. The molecular formula is C22H20N2O2. The third-order valence-corrected chi connectivity index (χ3v) is 5.03. The van der Waals surface area contributed by atoms with E-state index in [1.54, 1.807) is 6.20 Å². The normalized spacial score (nSPS) is 15.0. The van der Waals surface area contributed by atoms with Crippen molar-refractivity contribution in [1.82, 2.24) is 4.98 Å². The summed E-state index contributed by atoms with van der Waals surface area (Å²) in [6, 6.07) is 17.1. The molecule has 0 saturated carbocycles. The van der Waals surface area contributed by atoms with E-state index in [1.807, 2.05) is 6.07 Å². The van der Waals surface area contributed by atoms with E-state index in [0.717, 1.165) is 48.3 Å². The van der Waals surface area contributed by atoms with Crippen molar-refractivity contribution in [1.29, 1.82) is 0 Å². The number of aryl methyl sites for hydroxylation is 1. The number of pyridine rings is 1. The monoisotopic (exact) mass is 344 g/mol. The van der Waals surface area contributed by atoms with Crippen LogP contribution < -0.4 is 4.90 Å². The molecule has 0 radical (unpaired) electrons. The predicted molar refractivity (Wildman–Crippen MR) is 105 cm³/mol. The van der Waals surface area contributed by atoms with Crippen LogP contribution in [-0.4, -0.2) is 31.3 Å². The van der Waals surface area contributed by atoms with Crippen molar-refractivity contribution in [2.75, 3.05) is 31.2 Å². The molecule has 0 unspecified atom stereocenters. The van der Waals surface area contributed by atoms with Gasteiger partial charge in [0.2, 0.25) is 5.71 Å². The van der Waals surface area contributed by atoms with Crippen molar-refractivity contribution in [2.45, 2.75) is 6.92 Å². The number of rotatable bonds is 2. The highest BCUT2D eigenvalue weighted by Crippen LogP contribution is 2.38. The van der Waals surface area contributed by atoms with E-state index in [4.69, 9.17) is 9.15 Å². The number of fused-ring (bicyclic) bond motifs is 3. The minimum absolute atomic E-state index is 0.693. The van der Waals surface area contributed by atoms with E-state index in [-0.39, 0.29) is 0 Å². The molecule has 4 aromatic rings. The van der Waals surface area contributed by atoms with Crippen LogP contribution in [0, 0.1) is 6.92 Å². The summed E-state index contributed by atoms with van der Waals surface area (Å²) in [5, 5.41) is 2.18. The van der Waals surface area contributed by atoms with Crippen LogP contribution in [0.3, 0.4) is 0 Å². The van der Waals surface area contributed by atoms with E-state index in [2.05, 4.69) is 59.3 Å². The number of anilines is 1. The molecule has 2 aromatic carbocycles. The highest BCUT2D eigenvalue weighted by atomic mass is 16.5. The fourth-order valence-electron chi connectivity index (χ4n) is 3.73. The van der Waals surface area contributed by atoms with Gasteiger partial charge in [-0.3, -0.25) is 0 Å². The summed E-state index contributed by atoms with van der Waals surface area (Å²) in [4.78, 5) is 6.77. The first-order valence-corrected chi connectivity index (χ1v) is 9.00. The van der Waals surface area contributed by atoms with E-state index < -0.39 is 0 Å². The maximum absolute atomic E-state index is 6.16. The van der Waals surface area contributed by atoms with Crippen LogP contribution in [0.4, 0.5) is 5.69 Å². The lowest BCUT2D eigenvalue weighted by Crippen LogP contribution is -2.36. The van der Waals surface area contributed by atoms with Crippen molar-refractivity contribution in [2.24, 2.45) is 0 Å². The summed E-state index contributed by atoms with van der Waals surface area (Å²) in [6.07, 6.45) is 1.78. The summed E-state index contributed by atoms with van der Waals surface area (Å²) in [5.74, 6) is 0. The second kappa shape index (κ2) is 6.15. The van der Waals surface area contributed by atoms with Crippen molar-refractivity contribution in [3.8, 4) is 11.1 Å². The van der Waals surface area contributed by atoms with Gasteiger partial charge in [-0.2, -0.15) is 0 Å². The van der Waals surface area contributed by atoms with Crippen LogP contribution in [0.1, 0.15) is 5.56 Å². The molecule has 0 atom stereocenters. The largest absolute Gasteiger partial charge is 0.436 e. The van der Waals surface area contributed by atoms with Gasteiger partial charge in [0, 0.05) is 30.1 Å². The number of nitrogens with zero attached hydrogens (tertiary/aromatic N) is 2. The number of aromatic nitrogens is 1. The summed E-state index contributed by atoms with van der Waals surface area (Å²) in [7, 11) is 0. The minimum Gasteiger partial charge on any atom is -0.436 e. The van der Waals surface area contributed by atoms with Gasteiger partial charge in [-0.1, -0.05) is 29.8 Å². The van der Waals surface area contributed by atoms with Crippen LogP contribution in [0.5, 0.6) is 0 Å². The van der Waals surface area contributed by atoms with Crippen molar-refractivity contribution >= 4 is 27.8 Å². The van der Waals surface area contributed by atoms with E-state index in [9.17, 15) is 0 Å². The molecule has 0 N–H and O–H groups in total. The SMILES string of the molecule is Cc1cccc(-c2cc(N3CCOCC3)c3oc4ncccc4c3c2)c1. The van der Waals surface area contributed by atoms with Gasteiger partial charge in [0.25, 0.3) is 0 Å². The topological polar surface area (TPSA) is 38.5 Å². The van der Waals surface area contributed by atoms with E-state index in [1.165, 1.54) is 16.7 Å². The lowest BCUT2D eigenvalue weighted by molar-refractivity contribution is 0.123. The number of hydrogen-bond acceptors (Lipinski definition) is 4. The van der Waals surface area contributed by atoms with Crippen LogP contribution in [0.15, 0.2) is 59.1 Å². The van der Waals surface area contributed by atoms with Gasteiger partial charge >= 0.3 is 0 Å². The lowest BCUT2D eigenvalue weighted by Gasteiger charge is -2.29. The first-order valence-electron chi connectivity index (χ1n) is 9.00. The fraction of sp³-hybridized carbons (Fsp3) is 0.227. The maximum atomic E-state index is 6.16. The molecule has 1 aliphatic rings. The number of benzene rings is 2. The quantitative estimate of drug-likeness (QED) is 0.524. The van der Waals surface area contributed by atoms with Crippen molar-refractivity contribution in [3.05, 3.63) is 60.3 Å². The van der Waals surface area contributed by atoms with Crippen LogP contribution in [-0.2, 0) is 4.74 Å². The van der Waals surface area contributed by atoms with Gasteiger partial charge in [0.1, 0.15) is 0 Å². The Bertz CT molecular complexity index is 1090. The Morgan fingerprint density at radius 2 is 1.81 bits per heavy atom. The predicted octanol–water partition coefficient (Wildman–Crippen LogP) is 4.79. The second-order valence-electron chi connectivity index (χ2n) is 6.80. The summed E-state index contributed by atoms with van der Waals surface area (Å²) in [5.41, 5.74) is 6.42. The zero-order valence-corrected chi connectivity index (χ0v) is 14.7. The van der Waals surface area contributed by atoms with Crippen LogP contribution >= 0.6 is 0 Å². The Balaban J connectivity index is 1.79. The molecule has 3 heterocycles. The Kier molecular flexibility index (Phi) is 3.64. The van der Waals surface area contributed by atoms with Gasteiger partial charge in [0.05, 0.1) is 18.9 Å². The summed E-state index contributed by atoms with van der Waals surface area (Å²) >= 11 is 0. The van der Waals surface area contributed by atoms with Crippen LogP contribution in [0.25, 0.3) is 33.2 Å². The molecule has 2 aromatic heterocycles. The Hall–Kier alpha value is -2.85. The first-order chi connectivity index (χ1) is 12.8. The molecule has 0 spiro atoms. The highest BCUT2D eigenvalue weighted by molar-refractivity contribution is 6.09. The van der Waals surface area contributed by atoms with Gasteiger partial charge in [0.15, 0.2) is 5.58 Å². The van der Waals surface area contributed by atoms with Gasteiger partial charge in [-0.15, -0.1) is 0 Å². The molecule has 5 rings (SSSR count). The molecule has 0 aliphatic carbocycles. The zero-order valence-electron chi connectivity index (χ0n) is 14.7. The molecule has 4 nitrogen and oxygen atoms in total. The Labute approximate surface area is 152 Å². The molecule has 1 saturated heterocycles. The van der Waals surface area contributed by atoms with Crippen LogP contribution in [0.2, 0.25) is 0 Å². The zero-order chi connectivity index (χ0) is 17.5. The maximum Gasteiger partial charge on any atom is 0.227 e. The molecule has 26 heavy (non-hydrogen) atoms. The molecule has 130 valence electrons. The molecule has 1 fully saturated rings. The minimum atomic E-state index is 0.693. The first kappa shape index (κ1) is 15.4. The van der Waals surface area contributed by atoms with Crippen molar-refractivity contribution < 1.29 is 9.15 Å². The summed E-state index contributed by atoms with van der Waals surface area (Å²) in [6.45, 7) is 5.36. The van der Waals surface area contributed by atoms with E-state index in [0.29, 0.717) is 5.71 Å². The highest BCUT2D eigenvalue weighted by Gasteiger charge is 2.20. The molecular weight excluding hydrogens is 324 g/mol. The van der Waals surface area contributed by atoms with Gasteiger partial charge in [-0.25, -0.2) is 4.98 Å². The molecule has 0 amide bonds. The average molecular weight is 344 g/mol. The van der Waals surface area contributed by atoms with Gasteiger partial charge < -0.3 is 14.1 Å². The smallest absolute Gasteiger partial charge is 0.227 e. The van der Waals surface area contributed by atoms with E-state index >= 15 is 0 Å². The fourth-order valence-corrected chi connectivity index (χ4v) is 3.73. The number of morpholine rings is 1. The molecule has 4 heteroatoms. The number of hydrogen-bond donors (Lipinski definition) is 0. The second-order valence-corrected chi connectivity index (χ2v) is 6.80. The van der Waals surface area contributed by atoms with Gasteiger partial charge in [-0.05, 0) is 42.3 Å². The Morgan fingerprint density at radius 3 is 2.65 bits per heavy atom. The Morgan fingerprint density at radius 1 is 0.923 bits per heavy atom. The average Bonchev–Trinajstić information content (AvgIpc) is 3.06. The van der Waals surface area contributed by atoms with Crippen molar-refractivity contribution in [3.63, 3.8) is 0 Å². The molecule has 1 aliphatic heterocycles.